The number of hydrogen-bond donors (Lipinski definition) is 0. The van der Waals surface area contributed by atoms with Crippen LogP contribution in [0.3, 0.4) is 0 Å². The number of aromatic nitrogens is 1. The van der Waals surface area contributed by atoms with Crippen LogP contribution in [0, 0.1) is 0 Å². The first-order chi connectivity index (χ1) is 33.0. The highest BCUT2D eigenvalue weighted by Gasteiger charge is 2.39. The third-order valence-electron chi connectivity index (χ3n) is 14.4. The second kappa shape index (κ2) is 14.2. The van der Waals surface area contributed by atoms with Crippen molar-refractivity contribution in [1.82, 2.24) is 4.57 Å². The van der Waals surface area contributed by atoms with Gasteiger partial charge in [0.05, 0.1) is 22.4 Å². The van der Waals surface area contributed by atoms with Gasteiger partial charge in [0.15, 0.2) is 0 Å². The third kappa shape index (κ3) is 5.47. The highest BCUT2D eigenvalue weighted by molar-refractivity contribution is 6.15. The molecule has 0 spiro atoms. The summed E-state index contributed by atoms with van der Waals surface area (Å²) in [6.07, 6.45) is 0. The largest absolute Gasteiger partial charge is 0.456 e. The van der Waals surface area contributed by atoms with E-state index in [-0.39, 0.29) is 5.41 Å². The zero-order chi connectivity index (χ0) is 44.4. The van der Waals surface area contributed by atoms with Crippen LogP contribution in [0.25, 0.3) is 105 Å². The number of para-hydroxylation sites is 4. The van der Waals surface area contributed by atoms with Gasteiger partial charge in [0.1, 0.15) is 22.3 Å². The van der Waals surface area contributed by atoms with Gasteiger partial charge in [-0.3, -0.25) is 0 Å². The summed E-state index contributed by atoms with van der Waals surface area (Å²) in [5.74, 6) is 0. The topological polar surface area (TPSA) is 34.5 Å². The van der Waals surface area contributed by atoms with Crippen molar-refractivity contribution in [2.75, 3.05) is 4.90 Å². The molecule has 0 bridgehead atoms. The molecule has 10 aromatic carbocycles. The maximum atomic E-state index is 7.01. The molecule has 3 aromatic heterocycles. The molecule has 0 radical (unpaired) electrons. The van der Waals surface area contributed by atoms with Crippen LogP contribution >= 0.6 is 0 Å². The summed E-state index contributed by atoms with van der Waals surface area (Å²) in [5.41, 5.74) is 19.5. The Balaban J connectivity index is 1.01. The highest BCUT2D eigenvalue weighted by atomic mass is 16.3. The van der Waals surface area contributed by atoms with Gasteiger partial charge in [-0.2, -0.15) is 0 Å². The Morgan fingerprint density at radius 2 is 0.985 bits per heavy atom. The third-order valence-corrected chi connectivity index (χ3v) is 14.4. The van der Waals surface area contributed by atoms with Gasteiger partial charge in [-0.05, 0) is 112 Å². The standard InChI is InChI=1S/C63H42N2O2/c1-63(2)51-22-8-3-15-44(51)48-21-13-25-55(61(48)63)65(42-33-29-39(30-34-42)43-20-14-28-58-60(43)50-19-7-12-27-57(50)66-58)54-38-37-49-47-18-6-11-26-56(47)67-62(49)59(54)40-31-35-41(36-32-40)64-52-23-9-4-16-45(52)46-17-5-10-24-53(46)64/h3-38H,1-2H3. The second-order valence-corrected chi connectivity index (χ2v) is 18.4. The van der Waals surface area contributed by atoms with Gasteiger partial charge in [0.25, 0.3) is 0 Å². The molecule has 0 amide bonds. The van der Waals surface area contributed by atoms with Crippen LogP contribution in [-0.4, -0.2) is 4.57 Å². The van der Waals surface area contributed by atoms with Crippen LogP contribution in [0.15, 0.2) is 227 Å². The fourth-order valence-corrected chi connectivity index (χ4v) is 11.4. The fraction of sp³-hybridized carbons (Fsp3) is 0.0476. The molecule has 1 aliphatic carbocycles. The molecule has 3 heterocycles. The smallest absolute Gasteiger partial charge is 0.145 e. The molecular weight excluding hydrogens is 817 g/mol. The average molecular weight is 859 g/mol. The average Bonchev–Trinajstić information content (AvgIpc) is 4.11. The van der Waals surface area contributed by atoms with Gasteiger partial charge in [0, 0.05) is 54.7 Å². The van der Waals surface area contributed by atoms with E-state index in [1.165, 1.54) is 44.1 Å². The number of rotatable bonds is 6. The van der Waals surface area contributed by atoms with Crippen LogP contribution in [0.5, 0.6) is 0 Å². The zero-order valence-electron chi connectivity index (χ0n) is 37.0. The summed E-state index contributed by atoms with van der Waals surface area (Å²) >= 11 is 0. The van der Waals surface area contributed by atoms with Crippen molar-refractivity contribution in [2.45, 2.75) is 19.3 Å². The SMILES string of the molecule is CC1(C)c2ccccc2-c2cccc(N(c3ccc(-c4cccc5oc6ccccc6c45)cc3)c3ccc4c(oc5ccccc54)c3-c3ccc(-n4c5ccccc5c5ccccc54)cc3)c21. The molecule has 316 valence electrons. The van der Waals surface area contributed by atoms with E-state index in [0.29, 0.717) is 0 Å². The first kappa shape index (κ1) is 37.7. The van der Waals surface area contributed by atoms with Crippen LogP contribution in [0.4, 0.5) is 17.1 Å². The lowest BCUT2D eigenvalue weighted by Crippen LogP contribution is -2.21. The quantitative estimate of drug-likeness (QED) is 0.167. The number of fused-ring (bicyclic) bond motifs is 12. The van der Waals surface area contributed by atoms with Crippen molar-refractivity contribution in [3.05, 3.63) is 230 Å². The number of benzene rings is 10. The predicted octanol–water partition coefficient (Wildman–Crippen LogP) is 17.7. The summed E-state index contributed by atoms with van der Waals surface area (Å²) in [5, 5.41) is 6.92. The van der Waals surface area contributed by atoms with E-state index in [9.17, 15) is 0 Å². The van der Waals surface area contributed by atoms with Gasteiger partial charge in [-0.15, -0.1) is 0 Å². The molecule has 67 heavy (non-hydrogen) atoms. The molecule has 0 saturated carbocycles. The highest BCUT2D eigenvalue weighted by Crippen LogP contribution is 2.56. The number of nitrogens with zero attached hydrogens (tertiary/aromatic N) is 2. The van der Waals surface area contributed by atoms with Gasteiger partial charge >= 0.3 is 0 Å². The molecule has 0 fully saturated rings. The van der Waals surface area contributed by atoms with E-state index < -0.39 is 0 Å². The molecular formula is C63H42N2O2. The molecule has 1 aliphatic rings. The van der Waals surface area contributed by atoms with E-state index in [4.69, 9.17) is 8.83 Å². The summed E-state index contributed by atoms with van der Waals surface area (Å²) in [6, 6.07) is 78.9. The van der Waals surface area contributed by atoms with Gasteiger partial charge < -0.3 is 18.3 Å². The predicted molar refractivity (Wildman–Crippen MR) is 278 cm³/mol. The summed E-state index contributed by atoms with van der Waals surface area (Å²) in [7, 11) is 0. The summed E-state index contributed by atoms with van der Waals surface area (Å²) < 4.78 is 15.7. The molecule has 0 aliphatic heterocycles. The summed E-state index contributed by atoms with van der Waals surface area (Å²) in [4.78, 5) is 2.48. The normalized spacial score (nSPS) is 13.0. The minimum atomic E-state index is -0.272. The number of anilines is 3. The molecule has 13 aromatic rings. The lowest BCUT2D eigenvalue weighted by molar-refractivity contribution is 0.660. The van der Waals surface area contributed by atoms with Gasteiger partial charge in [0.2, 0.25) is 0 Å². The van der Waals surface area contributed by atoms with Crippen molar-refractivity contribution in [3.8, 4) is 39.1 Å². The van der Waals surface area contributed by atoms with Gasteiger partial charge in [-0.1, -0.05) is 159 Å². The lowest BCUT2D eigenvalue weighted by atomic mass is 9.81. The first-order valence-corrected chi connectivity index (χ1v) is 23.1. The van der Waals surface area contributed by atoms with E-state index in [1.807, 2.05) is 12.1 Å². The zero-order valence-corrected chi connectivity index (χ0v) is 37.0. The van der Waals surface area contributed by atoms with Crippen LogP contribution in [-0.2, 0) is 5.41 Å². The Hall–Kier alpha value is -8.60. The maximum absolute atomic E-state index is 7.01. The van der Waals surface area contributed by atoms with E-state index in [1.54, 1.807) is 0 Å². The Morgan fingerprint density at radius 1 is 0.403 bits per heavy atom. The van der Waals surface area contributed by atoms with Crippen LogP contribution < -0.4 is 4.90 Å². The second-order valence-electron chi connectivity index (χ2n) is 18.4. The molecule has 0 saturated heterocycles. The van der Waals surface area contributed by atoms with Crippen molar-refractivity contribution in [2.24, 2.45) is 0 Å². The fourth-order valence-electron chi connectivity index (χ4n) is 11.4. The maximum Gasteiger partial charge on any atom is 0.145 e. The summed E-state index contributed by atoms with van der Waals surface area (Å²) in [6.45, 7) is 4.74. The van der Waals surface area contributed by atoms with Crippen LogP contribution in [0.1, 0.15) is 25.0 Å². The monoisotopic (exact) mass is 858 g/mol. The molecule has 4 nitrogen and oxygen atoms in total. The van der Waals surface area contributed by atoms with Crippen molar-refractivity contribution in [3.63, 3.8) is 0 Å². The van der Waals surface area contributed by atoms with E-state index in [0.717, 1.165) is 88.9 Å². The minimum Gasteiger partial charge on any atom is -0.456 e. The molecule has 0 unspecified atom stereocenters. The molecule has 14 rings (SSSR count). The van der Waals surface area contributed by atoms with E-state index >= 15 is 0 Å². The van der Waals surface area contributed by atoms with Crippen LogP contribution in [0.2, 0.25) is 0 Å². The first-order valence-electron chi connectivity index (χ1n) is 23.1. The Kier molecular flexibility index (Phi) is 8.00. The van der Waals surface area contributed by atoms with Crippen molar-refractivity contribution >= 4 is 82.7 Å². The van der Waals surface area contributed by atoms with Crippen molar-refractivity contribution in [1.29, 1.82) is 0 Å². The Bertz CT molecular complexity index is 4070. The number of furan rings is 2. The van der Waals surface area contributed by atoms with E-state index in [2.05, 4.69) is 230 Å². The Morgan fingerprint density at radius 3 is 1.75 bits per heavy atom. The number of hydrogen-bond acceptors (Lipinski definition) is 3. The molecule has 0 N–H and O–H groups in total. The lowest BCUT2D eigenvalue weighted by Gasteiger charge is -2.33. The molecule has 4 heteroatoms. The Labute approximate surface area is 387 Å². The van der Waals surface area contributed by atoms with Crippen molar-refractivity contribution < 1.29 is 8.83 Å². The van der Waals surface area contributed by atoms with Gasteiger partial charge in [-0.25, -0.2) is 0 Å². The molecule has 0 atom stereocenters. The minimum absolute atomic E-state index is 0.272.